The second-order valence-corrected chi connectivity index (χ2v) is 2.31. The van der Waals surface area contributed by atoms with Gasteiger partial charge in [0.1, 0.15) is 0 Å². The largest absolute Gasteiger partial charge is 0.341 e. The van der Waals surface area contributed by atoms with Crippen LogP contribution in [0.1, 0.15) is 13.8 Å². The van der Waals surface area contributed by atoms with E-state index < -0.39 is 0 Å². The maximum Gasteiger partial charge on any atom is 0.314 e. The van der Waals surface area contributed by atoms with E-state index in [0.717, 1.165) is 6.54 Å². The van der Waals surface area contributed by atoms with Gasteiger partial charge in [0.25, 0.3) is 0 Å². The van der Waals surface area contributed by atoms with Crippen LogP contribution >= 0.6 is 0 Å². The van der Waals surface area contributed by atoms with Crippen molar-refractivity contribution in [2.45, 2.75) is 13.8 Å². The van der Waals surface area contributed by atoms with Crippen LogP contribution in [0, 0.1) is 0 Å². The Morgan fingerprint density at radius 2 is 1.83 bits per heavy atom. The molecule has 74 valence electrons. The van der Waals surface area contributed by atoms with Crippen LogP contribution in [0.15, 0.2) is 0 Å². The van der Waals surface area contributed by atoms with E-state index in [1.54, 1.807) is 7.05 Å². The van der Waals surface area contributed by atoms with Gasteiger partial charge in [0, 0.05) is 20.1 Å². The molecule has 0 unspecified atom stereocenters. The average Bonchev–Trinajstić information content (AvgIpc) is 2.07. The molecule has 2 N–H and O–H groups in total. The van der Waals surface area contributed by atoms with Crippen LogP contribution in [0.5, 0.6) is 0 Å². The minimum absolute atomic E-state index is 0.123. The Labute approximate surface area is 75.3 Å². The van der Waals surface area contributed by atoms with Gasteiger partial charge in [-0.2, -0.15) is 0 Å². The molecule has 0 aliphatic carbocycles. The van der Waals surface area contributed by atoms with Gasteiger partial charge in [-0.25, -0.2) is 4.79 Å². The van der Waals surface area contributed by atoms with E-state index in [9.17, 15) is 4.79 Å². The fourth-order valence-corrected chi connectivity index (χ4v) is 0.481. The van der Waals surface area contributed by atoms with Crippen molar-refractivity contribution in [3.8, 4) is 0 Å². The van der Waals surface area contributed by atoms with Crippen molar-refractivity contribution in [1.82, 2.24) is 15.5 Å². The lowest BCUT2D eigenvalue weighted by molar-refractivity contribution is 0.241. The number of amides is 2. The number of hydrogen-bond acceptors (Lipinski definition) is 2. The molecule has 4 heteroatoms. The number of rotatable bonds is 3. The molecule has 0 aliphatic heterocycles. The predicted octanol–water partition coefficient (Wildman–Crippen LogP) is 0.503. The van der Waals surface area contributed by atoms with Crippen LogP contribution < -0.4 is 10.6 Å². The zero-order valence-electron chi connectivity index (χ0n) is 8.77. The van der Waals surface area contributed by atoms with E-state index in [0.29, 0.717) is 6.54 Å². The third-order valence-electron chi connectivity index (χ3n) is 1.07. The Balaban J connectivity index is 0. The zero-order chi connectivity index (χ0) is 9.98. The summed E-state index contributed by atoms with van der Waals surface area (Å²) >= 11 is 0. The Morgan fingerprint density at radius 1 is 1.33 bits per heavy atom. The molecule has 2 amide bonds. The van der Waals surface area contributed by atoms with E-state index in [4.69, 9.17) is 0 Å². The van der Waals surface area contributed by atoms with Crippen LogP contribution in [0.3, 0.4) is 0 Å². The number of likely N-dealkylation sites (N-methyl/N-ethyl adjacent to an activating group) is 1. The predicted molar refractivity (Wildman–Crippen MR) is 52.4 cm³/mol. The van der Waals surface area contributed by atoms with Gasteiger partial charge in [0.2, 0.25) is 0 Å². The first-order chi connectivity index (χ1) is 5.66. The number of carbonyl (C=O) groups excluding carboxylic acids is 1. The molecule has 0 aliphatic rings. The number of hydrogen-bond donors (Lipinski definition) is 2. The summed E-state index contributed by atoms with van der Waals surface area (Å²) in [4.78, 5) is 12.6. The third-order valence-corrected chi connectivity index (χ3v) is 1.07. The Hall–Kier alpha value is -0.770. The van der Waals surface area contributed by atoms with Crippen molar-refractivity contribution in [3.05, 3.63) is 0 Å². The van der Waals surface area contributed by atoms with Crippen molar-refractivity contribution in [2.24, 2.45) is 0 Å². The molecule has 0 aromatic carbocycles. The number of urea groups is 1. The first-order valence-corrected chi connectivity index (χ1v) is 4.27. The average molecular weight is 175 g/mol. The molecule has 0 aromatic heterocycles. The monoisotopic (exact) mass is 175 g/mol. The van der Waals surface area contributed by atoms with Crippen LogP contribution in [0.4, 0.5) is 4.79 Å². The molecule has 4 nitrogen and oxygen atoms in total. The first kappa shape index (κ1) is 13.8. The summed E-state index contributed by atoms with van der Waals surface area (Å²) in [6.07, 6.45) is 0. The first-order valence-electron chi connectivity index (χ1n) is 4.27. The summed E-state index contributed by atoms with van der Waals surface area (Å²) < 4.78 is 0. The quantitative estimate of drug-likeness (QED) is 0.656. The van der Waals surface area contributed by atoms with E-state index in [2.05, 4.69) is 10.6 Å². The second-order valence-electron chi connectivity index (χ2n) is 2.31. The maximum absolute atomic E-state index is 10.6. The van der Waals surface area contributed by atoms with Crippen LogP contribution in [0.25, 0.3) is 0 Å². The SMILES string of the molecule is CC.CNC(=O)NCCN(C)C. The zero-order valence-corrected chi connectivity index (χ0v) is 8.77. The molecule has 0 atom stereocenters. The highest BCUT2D eigenvalue weighted by Crippen LogP contribution is 1.69. The van der Waals surface area contributed by atoms with Crippen LogP contribution in [-0.4, -0.2) is 45.2 Å². The molecule has 0 saturated heterocycles. The van der Waals surface area contributed by atoms with Crippen LogP contribution in [-0.2, 0) is 0 Å². The molecule has 0 saturated carbocycles. The van der Waals surface area contributed by atoms with Gasteiger partial charge in [-0.1, -0.05) is 13.8 Å². The third kappa shape index (κ3) is 12.0. The minimum Gasteiger partial charge on any atom is -0.341 e. The van der Waals surface area contributed by atoms with Gasteiger partial charge in [-0.3, -0.25) is 0 Å². The standard InChI is InChI=1S/C6H15N3O.C2H6/c1-7-6(10)8-4-5-9(2)3;1-2/h4-5H2,1-3H3,(H2,7,8,10);1-2H3. The van der Waals surface area contributed by atoms with Gasteiger partial charge >= 0.3 is 6.03 Å². The summed E-state index contributed by atoms with van der Waals surface area (Å²) in [7, 11) is 5.53. The van der Waals surface area contributed by atoms with Crippen molar-refractivity contribution in [2.75, 3.05) is 34.2 Å². The van der Waals surface area contributed by atoms with Gasteiger partial charge in [-0.05, 0) is 14.1 Å². The van der Waals surface area contributed by atoms with Gasteiger partial charge < -0.3 is 15.5 Å². The fourth-order valence-electron chi connectivity index (χ4n) is 0.481. The van der Waals surface area contributed by atoms with Crippen molar-refractivity contribution in [1.29, 1.82) is 0 Å². The number of nitrogens with zero attached hydrogens (tertiary/aromatic N) is 1. The normalized spacial score (nSPS) is 8.50. The lowest BCUT2D eigenvalue weighted by Crippen LogP contribution is -2.37. The van der Waals surface area contributed by atoms with Gasteiger partial charge in [0.15, 0.2) is 0 Å². The summed E-state index contributed by atoms with van der Waals surface area (Å²) in [5.74, 6) is 0. The molecule has 0 spiro atoms. The summed E-state index contributed by atoms with van der Waals surface area (Å²) in [6.45, 7) is 5.56. The highest BCUT2D eigenvalue weighted by Gasteiger charge is 1.93. The summed E-state index contributed by atoms with van der Waals surface area (Å²) in [6, 6.07) is -0.123. The topological polar surface area (TPSA) is 44.4 Å². The number of nitrogens with one attached hydrogen (secondary N) is 2. The second kappa shape index (κ2) is 10.2. The lowest BCUT2D eigenvalue weighted by atomic mass is 10.6. The molecule has 0 fully saturated rings. The molecule has 0 bridgehead atoms. The highest BCUT2D eigenvalue weighted by atomic mass is 16.2. The van der Waals surface area contributed by atoms with Gasteiger partial charge in [0.05, 0.1) is 0 Å². The molecule has 0 heterocycles. The van der Waals surface area contributed by atoms with Crippen molar-refractivity contribution < 1.29 is 4.79 Å². The van der Waals surface area contributed by atoms with Crippen molar-refractivity contribution >= 4 is 6.03 Å². The molecule has 0 rings (SSSR count). The van der Waals surface area contributed by atoms with Crippen molar-refractivity contribution in [3.63, 3.8) is 0 Å². The highest BCUT2D eigenvalue weighted by molar-refractivity contribution is 5.73. The summed E-state index contributed by atoms with van der Waals surface area (Å²) in [5, 5.41) is 5.14. The van der Waals surface area contributed by atoms with E-state index in [1.807, 2.05) is 32.8 Å². The lowest BCUT2D eigenvalue weighted by Gasteiger charge is -2.09. The molecule has 0 aromatic rings. The van der Waals surface area contributed by atoms with E-state index in [1.165, 1.54) is 0 Å². The fraction of sp³-hybridized carbons (Fsp3) is 0.875. The maximum atomic E-state index is 10.6. The minimum atomic E-state index is -0.123. The Kier molecular flexibility index (Phi) is 11.8. The van der Waals surface area contributed by atoms with E-state index >= 15 is 0 Å². The Bertz CT molecular complexity index is 104. The Morgan fingerprint density at radius 3 is 2.17 bits per heavy atom. The smallest absolute Gasteiger partial charge is 0.314 e. The van der Waals surface area contributed by atoms with Crippen LogP contribution in [0.2, 0.25) is 0 Å². The van der Waals surface area contributed by atoms with E-state index in [-0.39, 0.29) is 6.03 Å². The molecule has 12 heavy (non-hydrogen) atoms. The number of carbonyl (C=O) groups is 1. The molecular weight excluding hydrogens is 154 g/mol. The summed E-state index contributed by atoms with van der Waals surface area (Å²) in [5.41, 5.74) is 0. The van der Waals surface area contributed by atoms with Gasteiger partial charge in [-0.15, -0.1) is 0 Å². The molecular formula is C8H21N3O. The molecule has 0 radical (unpaired) electrons.